The topological polar surface area (TPSA) is 46.1 Å². The third-order valence-electron chi connectivity index (χ3n) is 0.493. The molecule has 0 bridgehead atoms. The molecule has 0 atom stereocenters. The molecule has 0 aliphatic carbocycles. The summed E-state index contributed by atoms with van der Waals surface area (Å²) in [6.45, 7) is 3.45. The lowest BCUT2D eigenvalue weighted by molar-refractivity contribution is -0.411. The number of primary amides is 1. The Kier molecular flexibility index (Phi) is 2.54. The molecule has 0 aromatic heterocycles. The van der Waals surface area contributed by atoms with Crippen molar-refractivity contribution < 1.29 is 9.37 Å². The van der Waals surface area contributed by atoms with Gasteiger partial charge in [-0.15, -0.1) is 0 Å². The van der Waals surface area contributed by atoms with E-state index in [9.17, 15) is 4.79 Å². The molecule has 0 aromatic carbocycles. The highest BCUT2D eigenvalue weighted by atomic mass is 16.1. The van der Waals surface area contributed by atoms with Crippen LogP contribution in [0.1, 0.15) is 0 Å². The van der Waals surface area contributed by atoms with Gasteiger partial charge in [0.1, 0.15) is 13.8 Å². The molecule has 1 amide bonds. The van der Waals surface area contributed by atoms with Gasteiger partial charge >= 0.3 is 0 Å². The number of hydrogen-bond acceptors (Lipinski definition) is 1. The van der Waals surface area contributed by atoms with Crippen LogP contribution in [0.4, 0.5) is 0 Å². The third kappa shape index (κ3) is 4.88. The normalized spacial score (nSPS) is 9.62. The monoisotopic (exact) mass is 113 g/mol. The van der Waals surface area contributed by atoms with E-state index in [0.29, 0.717) is 0 Å². The molecule has 3 heteroatoms. The van der Waals surface area contributed by atoms with Gasteiger partial charge in [-0.1, -0.05) is 0 Å². The van der Waals surface area contributed by atoms with Crippen LogP contribution in [0.25, 0.3) is 0 Å². The Labute approximate surface area is 48.1 Å². The van der Waals surface area contributed by atoms with Crippen molar-refractivity contribution in [3.8, 4) is 0 Å². The van der Waals surface area contributed by atoms with Crippen molar-refractivity contribution in [1.82, 2.24) is 0 Å². The summed E-state index contributed by atoms with van der Waals surface area (Å²) in [5.41, 5.74) is 4.76. The molecular formula is C5H9N2O+. The third-order valence-corrected chi connectivity index (χ3v) is 0.493. The van der Waals surface area contributed by atoms with E-state index in [1.54, 1.807) is 7.05 Å². The molecule has 0 saturated carbocycles. The first-order valence-corrected chi connectivity index (χ1v) is 2.14. The largest absolute Gasteiger partial charge is 0.366 e. The fourth-order valence-electron chi connectivity index (χ4n) is 0.201. The van der Waals surface area contributed by atoms with Gasteiger partial charge < -0.3 is 5.73 Å². The Morgan fingerprint density at radius 1 is 1.88 bits per heavy atom. The zero-order chi connectivity index (χ0) is 6.57. The average molecular weight is 113 g/mol. The standard InChI is InChI=1S/C5H8N2O/c1-7(2)4-3-5(6)8/h3-4H,1H2,2H3,(H-,6,8)/p+1/b4-3+. The Bertz CT molecular complexity index is 121. The van der Waals surface area contributed by atoms with Crippen LogP contribution in [-0.2, 0) is 4.79 Å². The number of nitrogens with two attached hydrogens (primary N) is 1. The highest BCUT2D eigenvalue weighted by Crippen LogP contribution is 1.67. The predicted molar refractivity (Wildman–Crippen MR) is 31.6 cm³/mol. The molecule has 44 valence electrons. The summed E-state index contributed by atoms with van der Waals surface area (Å²) in [4.78, 5) is 9.98. The lowest BCUT2D eigenvalue weighted by Gasteiger charge is -1.77. The maximum Gasteiger partial charge on any atom is 0.247 e. The predicted octanol–water partition coefficient (Wildman–Crippen LogP) is -0.672. The molecule has 0 saturated heterocycles. The summed E-state index contributed by atoms with van der Waals surface area (Å²) in [7, 11) is 1.71. The van der Waals surface area contributed by atoms with E-state index in [2.05, 4.69) is 6.72 Å². The molecule has 0 spiro atoms. The van der Waals surface area contributed by atoms with Crippen LogP contribution in [0.5, 0.6) is 0 Å². The second-order valence-electron chi connectivity index (χ2n) is 1.48. The van der Waals surface area contributed by atoms with Gasteiger partial charge in [-0.3, -0.25) is 4.79 Å². The van der Waals surface area contributed by atoms with Crippen LogP contribution in [-0.4, -0.2) is 24.2 Å². The molecule has 0 aromatic rings. The highest BCUT2D eigenvalue weighted by molar-refractivity contribution is 5.85. The van der Waals surface area contributed by atoms with Crippen LogP contribution in [0, 0.1) is 0 Å². The first-order chi connectivity index (χ1) is 3.63. The summed E-state index contributed by atoms with van der Waals surface area (Å²) < 4.78 is 1.49. The van der Waals surface area contributed by atoms with Crippen molar-refractivity contribution in [1.29, 1.82) is 0 Å². The lowest BCUT2D eigenvalue weighted by atomic mass is 10.6. The van der Waals surface area contributed by atoms with Gasteiger partial charge in [0.25, 0.3) is 0 Å². The summed E-state index contributed by atoms with van der Waals surface area (Å²) in [6.07, 6.45) is 2.73. The zero-order valence-electron chi connectivity index (χ0n) is 4.79. The summed E-state index contributed by atoms with van der Waals surface area (Å²) in [5, 5.41) is 0. The first kappa shape index (κ1) is 6.88. The molecule has 0 rings (SSSR count). The van der Waals surface area contributed by atoms with Gasteiger partial charge in [-0.25, -0.2) is 4.58 Å². The van der Waals surface area contributed by atoms with E-state index < -0.39 is 5.91 Å². The smallest absolute Gasteiger partial charge is 0.247 e. The van der Waals surface area contributed by atoms with Gasteiger partial charge in [0.15, 0.2) is 6.20 Å². The number of amides is 1. The van der Waals surface area contributed by atoms with Crippen molar-refractivity contribution in [3.63, 3.8) is 0 Å². The zero-order valence-corrected chi connectivity index (χ0v) is 4.79. The van der Waals surface area contributed by atoms with Crippen LogP contribution in [0.3, 0.4) is 0 Å². The Morgan fingerprint density at radius 3 is 2.50 bits per heavy atom. The van der Waals surface area contributed by atoms with E-state index in [4.69, 9.17) is 5.73 Å². The Hall–Kier alpha value is -1.12. The number of carbonyl (C=O) groups excluding carboxylic acids is 1. The molecule has 0 aliphatic heterocycles. The quantitative estimate of drug-likeness (QED) is 0.288. The minimum atomic E-state index is -0.458. The minimum absolute atomic E-state index is 0.458. The molecular weight excluding hydrogens is 104 g/mol. The van der Waals surface area contributed by atoms with Crippen molar-refractivity contribution in [3.05, 3.63) is 12.3 Å². The van der Waals surface area contributed by atoms with Gasteiger partial charge in [0, 0.05) is 0 Å². The molecule has 8 heavy (non-hydrogen) atoms. The van der Waals surface area contributed by atoms with Crippen LogP contribution in [0.15, 0.2) is 12.3 Å². The minimum Gasteiger partial charge on any atom is -0.366 e. The van der Waals surface area contributed by atoms with Gasteiger partial charge in [0.05, 0.1) is 6.08 Å². The first-order valence-electron chi connectivity index (χ1n) is 2.14. The average Bonchev–Trinajstić information content (AvgIpc) is 1.61. The van der Waals surface area contributed by atoms with Crippen LogP contribution in [0.2, 0.25) is 0 Å². The van der Waals surface area contributed by atoms with Crippen molar-refractivity contribution in [2.45, 2.75) is 0 Å². The van der Waals surface area contributed by atoms with E-state index >= 15 is 0 Å². The molecule has 0 heterocycles. The number of rotatable bonds is 2. The summed E-state index contributed by atoms with van der Waals surface area (Å²) in [6, 6.07) is 0. The second kappa shape index (κ2) is 2.96. The highest BCUT2D eigenvalue weighted by Gasteiger charge is 1.83. The van der Waals surface area contributed by atoms with Gasteiger partial charge in [-0.2, -0.15) is 0 Å². The van der Waals surface area contributed by atoms with Crippen molar-refractivity contribution in [2.75, 3.05) is 7.05 Å². The fourth-order valence-corrected chi connectivity index (χ4v) is 0.201. The van der Waals surface area contributed by atoms with Gasteiger partial charge in [-0.05, 0) is 0 Å². The SMILES string of the molecule is C=[N+](C)/C=C/C(N)=O. The molecule has 3 nitrogen and oxygen atoms in total. The molecule has 0 unspecified atom stereocenters. The van der Waals surface area contributed by atoms with E-state index in [0.717, 1.165) is 0 Å². The molecule has 0 radical (unpaired) electrons. The maximum atomic E-state index is 9.98. The van der Waals surface area contributed by atoms with Gasteiger partial charge in [0.2, 0.25) is 5.91 Å². The van der Waals surface area contributed by atoms with E-state index in [1.165, 1.54) is 16.9 Å². The molecule has 2 N–H and O–H groups in total. The Balaban J connectivity index is 3.67. The number of hydrogen-bond donors (Lipinski definition) is 1. The van der Waals surface area contributed by atoms with E-state index in [1.807, 2.05) is 0 Å². The maximum absolute atomic E-state index is 9.98. The van der Waals surface area contributed by atoms with Crippen molar-refractivity contribution >= 4 is 12.6 Å². The lowest BCUT2D eigenvalue weighted by Crippen LogP contribution is -2.06. The summed E-state index contributed by atoms with van der Waals surface area (Å²) in [5.74, 6) is -0.458. The second-order valence-corrected chi connectivity index (χ2v) is 1.48. The molecule has 0 fully saturated rings. The fraction of sp³-hybridized carbons (Fsp3) is 0.200. The van der Waals surface area contributed by atoms with Crippen LogP contribution < -0.4 is 5.73 Å². The van der Waals surface area contributed by atoms with Crippen LogP contribution >= 0.6 is 0 Å². The molecule has 0 aliphatic rings. The number of carbonyl (C=O) groups is 1. The Morgan fingerprint density at radius 2 is 2.38 bits per heavy atom. The van der Waals surface area contributed by atoms with E-state index in [-0.39, 0.29) is 0 Å². The summed E-state index contributed by atoms with van der Waals surface area (Å²) >= 11 is 0. The number of nitrogens with zero attached hydrogens (tertiary/aromatic N) is 1. The van der Waals surface area contributed by atoms with Crippen molar-refractivity contribution in [2.24, 2.45) is 5.73 Å².